The van der Waals surface area contributed by atoms with Gasteiger partial charge in [0.2, 0.25) is 0 Å². The molecule has 1 rings (SSSR count). The molecule has 0 spiro atoms. The van der Waals surface area contributed by atoms with Gasteiger partial charge >= 0.3 is 0 Å². The van der Waals surface area contributed by atoms with E-state index >= 15 is 0 Å². The van der Waals surface area contributed by atoms with Crippen molar-refractivity contribution >= 4 is 11.6 Å². The summed E-state index contributed by atoms with van der Waals surface area (Å²) in [6.07, 6.45) is 0. The van der Waals surface area contributed by atoms with Crippen molar-refractivity contribution in [2.45, 2.75) is 0 Å². The summed E-state index contributed by atoms with van der Waals surface area (Å²) >= 11 is 0. The summed E-state index contributed by atoms with van der Waals surface area (Å²) in [5.41, 5.74) is 10.4. The highest BCUT2D eigenvalue weighted by Crippen LogP contribution is 2.24. The number of halogens is 1. The second kappa shape index (κ2) is 3.30. The van der Waals surface area contributed by atoms with Gasteiger partial charge in [-0.3, -0.25) is 4.79 Å². The molecule has 0 bridgehead atoms. The number of methoxy groups -OCH3 is 1. The third kappa shape index (κ3) is 1.69. The van der Waals surface area contributed by atoms with Gasteiger partial charge in [0.05, 0.1) is 12.7 Å². The van der Waals surface area contributed by atoms with Crippen molar-refractivity contribution in [1.82, 2.24) is 0 Å². The number of hydrogen-bond donors (Lipinski definition) is 2. The predicted octanol–water partition coefficient (Wildman–Crippen LogP) is 0.515. The summed E-state index contributed by atoms with van der Waals surface area (Å²) in [5, 5.41) is 0. The van der Waals surface area contributed by atoms with Crippen LogP contribution >= 0.6 is 0 Å². The molecule has 0 saturated carbocycles. The largest absolute Gasteiger partial charge is 0.493 e. The first-order chi connectivity index (χ1) is 6.06. The Morgan fingerprint density at radius 3 is 2.62 bits per heavy atom. The molecular weight excluding hydrogens is 175 g/mol. The molecule has 70 valence electrons. The number of ether oxygens (including phenoxy) is 1. The molecule has 0 aliphatic carbocycles. The van der Waals surface area contributed by atoms with Crippen LogP contribution in [0.3, 0.4) is 0 Å². The topological polar surface area (TPSA) is 78.3 Å². The predicted molar refractivity (Wildman–Crippen MR) is 45.9 cm³/mol. The van der Waals surface area contributed by atoms with Gasteiger partial charge in [0.15, 0.2) is 11.6 Å². The van der Waals surface area contributed by atoms with Gasteiger partial charge in [-0.1, -0.05) is 0 Å². The van der Waals surface area contributed by atoms with E-state index in [0.29, 0.717) is 0 Å². The molecule has 0 saturated heterocycles. The molecule has 0 radical (unpaired) electrons. The van der Waals surface area contributed by atoms with Gasteiger partial charge in [-0.05, 0) is 6.07 Å². The van der Waals surface area contributed by atoms with E-state index in [9.17, 15) is 9.18 Å². The number of nitrogens with two attached hydrogens (primary N) is 2. The molecule has 4 nitrogen and oxygen atoms in total. The number of nitrogen functional groups attached to an aromatic ring is 1. The Morgan fingerprint density at radius 1 is 1.54 bits per heavy atom. The van der Waals surface area contributed by atoms with E-state index in [1.54, 1.807) is 0 Å². The van der Waals surface area contributed by atoms with Crippen LogP contribution in [0.2, 0.25) is 0 Å². The molecule has 0 aromatic heterocycles. The van der Waals surface area contributed by atoms with Gasteiger partial charge in [-0.25, -0.2) is 4.39 Å². The lowest BCUT2D eigenvalue weighted by molar-refractivity contribution is 0.0996. The van der Waals surface area contributed by atoms with Crippen LogP contribution in [0.5, 0.6) is 5.75 Å². The van der Waals surface area contributed by atoms with Crippen LogP contribution in [0, 0.1) is 5.82 Å². The lowest BCUT2D eigenvalue weighted by Gasteiger charge is -2.07. The second-order valence-electron chi connectivity index (χ2n) is 2.45. The Bertz CT molecular complexity index is 352. The average Bonchev–Trinajstić information content (AvgIpc) is 2.02. The molecule has 5 heteroatoms. The van der Waals surface area contributed by atoms with Gasteiger partial charge in [0.1, 0.15) is 0 Å². The lowest BCUT2D eigenvalue weighted by Crippen LogP contribution is -2.13. The van der Waals surface area contributed by atoms with Crippen LogP contribution < -0.4 is 16.2 Å². The van der Waals surface area contributed by atoms with E-state index in [4.69, 9.17) is 11.5 Å². The normalized spacial score (nSPS) is 9.69. The van der Waals surface area contributed by atoms with Gasteiger partial charge < -0.3 is 16.2 Å². The highest BCUT2D eigenvalue weighted by atomic mass is 19.1. The Kier molecular flexibility index (Phi) is 2.36. The molecule has 1 aromatic carbocycles. The van der Waals surface area contributed by atoms with E-state index in [0.717, 1.165) is 6.07 Å². The molecule has 0 heterocycles. The highest BCUT2D eigenvalue weighted by Gasteiger charge is 2.14. The van der Waals surface area contributed by atoms with Crippen LogP contribution in [0.4, 0.5) is 10.1 Å². The van der Waals surface area contributed by atoms with E-state index in [1.165, 1.54) is 13.2 Å². The highest BCUT2D eigenvalue weighted by molar-refractivity contribution is 5.96. The van der Waals surface area contributed by atoms with Gasteiger partial charge in [-0.2, -0.15) is 0 Å². The van der Waals surface area contributed by atoms with Crippen molar-refractivity contribution in [3.8, 4) is 5.75 Å². The molecule has 1 aromatic rings. The zero-order chi connectivity index (χ0) is 10.0. The van der Waals surface area contributed by atoms with Crippen LogP contribution in [-0.2, 0) is 0 Å². The summed E-state index contributed by atoms with van der Waals surface area (Å²) in [6, 6.07) is 2.33. The first-order valence-corrected chi connectivity index (χ1v) is 3.49. The summed E-state index contributed by atoms with van der Waals surface area (Å²) in [7, 11) is 1.25. The summed E-state index contributed by atoms with van der Waals surface area (Å²) in [6.45, 7) is 0. The fourth-order valence-electron chi connectivity index (χ4n) is 1.00. The fourth-order valence-corrected chi connectivity index (χ4v) is 1.00. The first-order valence-electron chi connectivity index (χ1n) is 3.49. The van der Waals surface area contributed by atoms with Crippen LogP contribution in [0.25, 0.3) is 0 Å². The van der Waals surface area contributed by atoms with Gasteiger partial charge in [-0.15, -0.1) is 0 Å². The maximum atomic E-state index is 13.1. The quantitative estimate of drug-likeness (QED) is 0.657. The average molecular weight is 184 g/mol. The Morgan fingerprint density at radius 2 is 2.15 bits per heavy atom. The van der Waals surface area contributed by atoms with Gasteiger partial charge in [0.25, 0.3) is 5.91 Å². The minimum absolute atomic E-state index is 0.0556. The van der Waals surface area contributed by atoms with Crippen LogP contribution in [-0.4, -0.2) is 13.0 Å². The molecule has 13 heavy (non-hydrogen) atoms. The summed E-state index contributed by atoms with van der Waals surface area (Å²) in [5.74, 6) is -1.65. The number of anilines is 1. The van der Waals surface area contributed by atoms with Crippen molar-refractivity contribution < 1.29 is 13.9 Å². The number of carbonyl (C=O) groups excluding carboxylic acids is 1. The van der Waals surface area contributed by atoms with Gasteiger partial charge in [0, 0.05) is 11.8 Å². The lowest BCUT2D eigenvalue weighted by atomic mass is 10.1. The molecule has 0 fully saturated rings. The minimum Gasteiger partial charge on any atom is -0.493 e. The standard InChI is InChI=1S/C8H9FN2O2/c1-13-7-5(8(11)12)2-4(10)3-6(7)9/h2-3H,10H2,1H3,(H2,11,12). The number of hydrogen-bond acceptors (Lipinski definition) is 3. The number of carbonyl (C=O) groups is 1. The van der Waals surface area contributed by atoms with Crippen molar-refractivity contribution in [2.24, 2.45) is 5.73 Å². The molecule has 0 aliphatic heterocycles. The molecule has 0 unspecified atom stereocenters. The molecular formula is C8H9FN2O2. The van der Waals surface area contributed by atoms with E-state index in [-0.39, 0.29) is 17.0 Å². The Balaban J connectivity index is 3.38. The number of benzene rings is 1. The SMILES string of the molecule is COc1c(F)cc(N)cc1C(N)=O. The monoisotopic (exact) mass is 184 g/mol. The number of primary amides is 1. The summed E-state index contributed by atoms with van der Waals surface area (Å²) in [4.78, 5) is 10.8. The second-order valence-corrected chi connectivity index (χ2v) is 2.45. The zero-order valence-corrected chi connectivity index (χ0v) is 7.00. The molecule has 0 aliphatic rings. The van der Waals surface area contributed by atoms with Crippen LogP contribution in [0.1, 0.15) is 10.4 Å². The van der Waals surface area contributed by atoms with Crippen molar-refractivity contribution in [2.75, 3.05) is 12.8 Å². The minimum atomic E-state index is -0.775. The van der Waals surface area contributed by atoms with Crippen molar-refractivity contribution in [3.05, 3.63) is 23.5 Å². The summed E-state index contributed by atoms with van der Waals surface area (Å²) < 4.78 is 17.7. The zero-order valence-electron chi connectivity index (χ0n) is 7.00. The molecule has 1 amide bonds. The third-order valence-electron chi connectivity index (χ3n) is 1.54. The van der Waals surface area contributed by atoms with Crippen molar-refractivity contribution in [3.63, 3.8) is 0 Å². The van der Waals surface area contributed by atoms with E-state index < -0.39 is 11.7 Å². The van der Waals surface area contributed by atoms with E-state index in [1.807, 2.05) is 0 Å². The number of amides is 1. The van der Waals surface area contributed by atoms with Crippen LogP contribution in [0.15, 0.2) is 12.1 Å². The van der Waals surface area contributed by atoms with E-state index in [2.05, 4.69) is 4.74 Å². The smallest absolute Gasteiger partial charge is 0.252 e. The fraction of sp³-hybridized carbons (Fsp3) is 0.125. The molecule has 4 N–H and O–H groups in total. The maximum Gasteiger partial charge on any atom is 0.252 e. The molecule has 0 atom stereocenters. The first kappa shape index (κ1) is 9.31. The van der Waals surface area contributed by atoms with Crippen molar-refractivity contribution in [1.29, 1.82) is 0 Å². The third-order valence-corrected chi connectivity index (χ3v) is 1.54. The Labute approximate surface area is 74.3 Å². The number of rotatable bonds is 2. The maximum absolute atomic E-state index is 13.1. The Hall–Kier alpha value is -1.78.